The summed E-state index contributed by atoms with van der Waals surface area (Å²) >= 11 is 0. The number of imide groups is 1. The van der Waals surface area contributed by atoms with Crippen molar-refractivity contribution in [2.45, 2.75) is 51.5 Å². The maximum atomic E-state index is 13.0. The normalized spacial score (nSPS) is 19.1. The van der Waals surface area contributed by atoms with Gasteiger partial charge in [0.1, 0.15) is 5.75 Å². The summed E-state index contributed by atoms with van der Waals surface area (Å²) in [5.74, 6) is -0.423. The minimum absolute atomic E-state index is 0.232. The zero-order valence-corrected chi connectivity index (χ0v) is 21.5. The van der Waals surface area contributed by atoms with E-state index in [-0.39, 0.29) is 17.9 Å². The highest BCUT2D eigenvalue weighted by molar-refractivity contribution is 6.00. The van der Waals surface area contributed by atoms with E-state index in [4.69, 9.17) is 4.74 Å². The zero-order valence-electron chi connectivity index (χ0n) is 21.5. The van der Waals surface area contributed by atoms with Gasteiger partial charge in [-0.05, 0) is 65.4 Å². The number of ether oxygens (including phenoxy) is 1. The Morgan fingerprint density at radius 1 is 0.974 bits per heavy atom. The molecule has 0 aliphatic carbocycles. The molecule has 3 aromatic carbocycles. The molecule has 3 aliphatic rings. The summed E-state index contributed by atoms with van der Waals surface area (Å²) in [6.45, 7) is 3.55. The molecular weight excluding hydrogens is 492 g/mol. The number of hydrogen-bond donors (Lipinski definition) is 1. The van der Waals surface area contributed by atoms with Crippen molar-refractivity contribution in [2.75, 3.05) is 6.54 Å². The number of piperidine rings is 1. The molecule has 0 saturated carbocycles. The van der Waals surface area contributed by atoms with E-state index >= 15 is 0 Å². The summed E-state index contributed by atoms with van der Waals surface area (Å²) < 4.78 is 5.82. The Bertz CT molecular complexity index is 1510. The highest BCUT2D eigenvalue weighted by Crippen LogP contribution is 2.34. The van der Waals surface area contributed by atoms with Gasteiger partial charge in [0.15, 0.2) is 0 Å². The van der Waals surface area contributed by atoms with Crippen LogP contribution in [0.25, 0.3) is 0 Å². The Kier molecular flexibility index (Phi) is 6.69. The first-order valence-electron chi connectivity index (χ1n) is 13.2. The number of fused-ring (bicyclic) bond motifs is 2. The molecule has 0 radical (unpaired) electrons. The third-order valence-corrected chi connectivity index (χ3v) is 7.84. The molecule has 3 aromatic rings. The van der Waals surface area contributed by atoms with Crippen molar-refractivity contribution in [1.82, 2.24) is 15.1 Å². The van der Waals surface area contributed by atoms with Gasteiger partial charge >= 0.3 is 5.97 Å². The molecule has 3 aliphatic heterocycles. The van der Waals surface area contributed by atoms with Gasteiger partial charge in [0.05, 0.1) is 23.2 Å². The summed E-state index contributed by atoms with van der Waals surface area (Å²) in [6, 6.07) is 20.9. The topological polar surface area (TPSA) is 103 Å². The van der Waals surface area contributed by atoms with Crippen LogP contribution >= 0.6 is 0 Å². The van der Waals surface area contributed by atoms with E-state index in [2.05, 4.69) is 22.4 Å². The molecule has 8 nitrogen and oxygen atoms in total. The van der Waals surface area contributed by atoms with Crippen molar-refractivity contribution in [2.24, 2.45) is 0 Å². The number of nitrogens with zero attached hydrogens (tertiary/aromatic N) is 3. The number of rotatable bonds is 5. The van der Waals surface area contributed by atoms with Crippen molar-refractivity contribution in [3.63, 3.8) is 0 Å². The maximum absolute atomic E-state index is 13.0. The fourth-order valence-electron chi connectivity index (χ4n) is 5.75. The number of carbonyl (C=O) groups is 3. The number of benzene rings is 3. The summed E-state index contributed by atoms with van der Waals surface area (Å²) in [5.41, 5.74) is 6.68. The lowest BCUT2D eigenvalue weighted by Crippen LogP contribution is -2.50. The number of carbonyl (C=O) groups excluding carboxylic acids is 3. The Hall–Kier alpha value is -4.32. The lowest BCUT2D eigenvalue weighted by molar-refractivity contribution is -0.137. The van der Waals surface area contributed by atoms with Crippen molar-refractivity contribution in [3.8, 4) is 11.8 Å². The van der Waals surface area contributed by atoms with Crippen LogP contribution in [0.15, 0.2) is 60.7 Å². The molecule has 6 rings (SSSR count). The Morgan fingerprint density at radius 3 is 2.62 bits per heavy atom. The third kappa shape index (κ3) is 5.19. The molecule has 39 heavy (non-hydrogen) atoms. The maximum Gasteiger partial charge on any atom is 0.343 e. The van der Waals surface area contributed by atoms with E-state index in [0.29, 0.717) is 42.8 Å². The third-order valence-electron chi connectivity index (χ3n) is 7.84. The monoisotopic (exact) mass is 520 g/mol. The van der Waals surface area contributed by atoms with E-state index in [1.807, 2.05) is 41.3 Å². The van der Waals surface area contributed by atoms with Gasteiger partial charge in [-0.3, -0.25) is 24.7 Å². The molecule has 1 fully saturated rings. The second kappa shape index (κ2) is 10.4. The molecular formula is C31H28N4O4. The van der Waals surface area contributed by atoms with Gasteiger partial charge in [-0.15, -0.1) is 0 Å². The smallest absolute Gasteiger partial charge is 0.343 e. The van der Waals surface area contributed by atoms with Gasteiger partial charge in [0.2, 0.25) is 11.8 Å². The summed E-state index contributed by atoms with van der Waals surface area (Å²) in [5, 5.41) is 11.6. The van der Waals surface area contributed by atoms with Crippen LogP contribution < -0.4 is 10.1 Å². The van der Waals surface area contributed by atoms with E-state index in [1.165, 1.54) is 11.1 Å². The Labute approximate surface area is 226 Å². The fraction of sp³-hybridized carbons (Fsp3) is 0.290. The molecule has 0 bridgehead atoms. The van der Waals surface area contributed by atoms with Crippen molar-refractivity contribution >= 4 is 17.8 Å². The predicted octanol–water partition coefficient (Wildman–Crippen LogP) is 3.46. The second-order valence-corrected chi connectivity index (χ2v) is 10.4. The number of esters is 1. The quantitative estimate of drug-likeness (QED) is 0.312. The first kappa shape index (κ1) is 25.0. The average molecular weight is 521 g/mol. The van der Waals surface area contributed by atoms with Crippen LogP contribution in [-0.2, 0) is 42.2 Å². The molecule has 2 amide bonds. The molecule has 1 unspecified atom stereocenters. The van der Waals surface area contributed by atoms with Crippen molar-refractivity contribution < 1.29 is 19.1 Å². The molecule has 1 atom stereocenters. The average Bonchev–Trinajstić information content (AvgIpc) is 3.38. The first-order chi connectivity index (χ1) is 19.0. The lowest BCUT2D eigenvalue weighted by atomic mass is 9.97. The van der Waals surface area contributed by atoms with Gasteiger partial charge < -0.3 is 4.74 Å². The SMILES string of the molecule is N#Cc1ccc2c(c1)CN(Cc1ccc(C(=O)Oc3cccc4c3CN(C3CCC(=O)NC3=O)C4)cc1)CC2. The van der Waals surface area contributed by atoms with Gasteiger partial charge in [-0.1, -0.05) is 30.3 Å². The number of nitrogens with one attached hydrogen (secondary N) is 1. The Balaban J connectivity index is 1.09. The molecule has 0 spiro atoms. The summed E-state index contributed by atoms with van der Waals surface area (Å²) in [4.78, 5) is 41.3. The van der Waals surface area contributed by atoms with E-state index in [0.717, 1.165) is 42.7 Å². The van der Waals surface area contributed by atoms with Crippen molar-refractivity contribution in [1.29, 1.82) is 5.26 Å². The molecule has 3 heterocycles. The van der Waals surface area contributed by atoms with E-state index < -0.39 is 5.97 Å². The van der Waals surface area contributed by atoms with Crippen LogP contribution in [0.3, 0.4) is 0 Å². The minimum Gasteiger partial charge on any atom is -0.423 e. The van der Waals surface area contributed by atoms with Crippen LogP contribution in [0.1, 0.15) is 56.6 Å². The number of amides is 2. The van der Waals surface area contributed by atoms with Crippen LogP contribution in [0, 0.1) is 11.3 Å². The molecule has 0 aromatic heterocycles. The van der Waals surface area contributed by atoms with Crippen LogP contribution in [-0.4, -0.2) is 40.2 Å². The largest absolute Gasteiger partial charge is 0.423 e. The predicted molar refractivity (Wildman–Crippen MR) is 142 cm³/mol. The Morgan fingerprint density at radius 2 is 1.82 bits per heavy atom. The summed E-state index contributed by atoms with van der Waals surface area (Å²) in [6.07, 6.45) is 1.77. The second-order valence-electron chi connectivity index (χ2n) is 10.4. The van der Waals surface area contributed by atoms with Crippen LogP contribution in [0.4, 0.5) is 0 Å². The van der Waals surface area contributed by atoms with Gasteiger partial charge in [-0.25, -0.2) is 4.79 Å². The van der Waals surface area contributed by atoms with Gasteiger partial charge in [0.25, 0.3) is 0 Å². The number of hydrogen-bond acceptors (Lipinski definition) is 7. The van der Waals surface area contributed by atoms with Crippen molar-refractivity contribution in [3.05, 3.63) is 99.6 Å². The van der Waals surface area contributed by atoms with Crippen LogP contribution in [0.2, 0.25) is 0 Å². The standard InChI is InChI=1S/C31H28N4O4/c32-15-21-6-7-22-12-13-34(17-25(22)14-21)16-20-4-8-23(9-5-20)31(38)39-28-3-1-2-24-18-35(19-26(24)28)27-10-11-29(36)33-30(27)37/h1-9,14,27H,10-13,16-19H2,(H,33,36,37). The molecule has 1 N–H and O–H groups in total. The van der Waals surface area contributed by atoms with Gasteiger partial charge in [0, 0.05) is 44.7 Å². The highest BCUT2D eigenvalue weighted by atomic mass is 16.5. The minimum atomic E-state index is -0.426. The molecule has 8 heteroatoms. The van der Waals surface area contributed by atoms with E-state index in [9.17, 15) is 19.6 Å². The first-order valence-corrected chi connectivity index (χ1v) is 13.2. The van der Waals surface area contributed by atoms with Crippen LogP contribution in [0.5, 0.6) is 5.75 Å². The number of nitriles is 1. The molecule has 1 saturated heterocycles. The highest BCUT2D eigenvalue weighted by Gasteiger charge is 2.36. The zero-order chi connectivity index (χ0) is 26.9. The molecule has 196 valence electrons. The van der Waals surface area contributed by atoms with E-state index in [1.54, 1.807) is 18.2 Å². The summed E-state index contributed by atoms with van der Waals surface area (Å²) in [7, 11) is 0. The lowest BCUT2D eigenvalue weighted by Gasteiger charge is -2.29. The van der Waals surface area contributed by atoms with Gasteiger partial charge in [-0.2, -0.15) is 5.26 Å². The fourth-order valence-corrected chi connectivity index (χ4v) is 5.75.